The molecule has 27 heavy (non-hydrogen) atoms. The Hall–Kier alpha value is -1.77. The quantitative estimate of drug-likeness (QED) is 0.758. The summed E-state index contributed by atoms with van der Waals surface area (Å²) in [5, 5.41) is 0.363. The van der Waals surface area contributed by atoms with Gasteiger partial charge in [-0.3, -0.25) is 4.79 Å². The van der Waals surface area contributed by atoms with E-state index in [0.717, 1.165) is 0 Å². The van der Waals surface area contributed by atoms with Gasteiger partial charge in [-0.05, 0) is 39.0 Å². The van der Waals surface area contributed by atoms with E-state index < -0.39 is 16.1 Å². The maximum absolute atomic E-state index is 13.0. The summed E-state index contributed by atoms with van der Waals surface area (Å²) < 4.78 is 38.4. The van der Waals surface area contributed by atoms with Crippen LogP contribution in [0.4, 0.5) is 0 Å². The van der Waals surface area contributed by atoms with Crippen molar-refractivity contribution in [2.24, 2.45) is 0 Å². The number of hydrogen-bond donors (Lipinski definition) is 0. The average molecular weight is 415 g/mol. The molecular weight excluding hydrogens is 392 g/mol. The number of rotatable bonds is 3. The number of piperazine rings is 1. The minimum absolute atomic E-state index is 0.149. The third kappa shape index (κ3) is 3.79. The van der Waals surface area contributed by atoms with Gasteiger partial charge in [0.1, 0.15) is 19.0 Å². The smallest absolute Gasteiger partial charge is 0.292 e. The molecule has 1 saturated heterocycles. The second-order valence-electron chi connectivity index (χ2n) is 6.64. The fourth-order valence-electron chi connectivity index (χ4n) is 3.35. The van der Waals surface area contributed by atoms with Crippen molar-refractivity contribution in [3.05, 3.63) is 40.8 Å². The topological polar surface area (TPSA) is 76.2 Å². The molecule has 0 saturated carbocycles. The van der Waals surface area contributed by atoms with Crippen LogP contribution in [0.2, 0.25) is 5.02 Å². The zero-order valence-electron chi connectivity index (χ0n) is 15.5. The van der Waals surface area contributed by atoms with E-state index in [1.54, 1.807) is 30.9 Å². The van der Waals surface area contributed by atoms with Gasteiger partial charge in [-0.25, -0.2) is 8.42 Å². The van der Waals surface area contributed by atoms with Crippen molar-refractivity contribution in [1.82, 2.24) is 9.21 Å². The number of nitrogens with zero attached hydrogens (tertiary/aromatic N) is 2. The third-order valence-electron chi connectivity index (χ3n) is 5.03. The van der Waals surface area contributed by atoms with Crippen molar-refractivity contribution in [2.75, 3.05) is 26.3 Å². The van der Waals surface area contributed by atoms with E-state index >= 15 is 0 Å². The Kier molecular flexibility index (Phi) is 5.69. The molecule has 0 radical (unpaired) electrons. The highest BCUT2D eigenvalue weighted by Crippen LogP contribution is 2.28. The third-order valence-corrected chi connectivity index (χ3v) is 7.25. The van der Waals surface area contributed by atoms with Crippen molar-refractivity contribution < 1.29 is 22.7 Å². The van der Waals surface area contributed by atoms with Crippen molar-refractivity contribution in [3.63, 3.8) is 0 Å². The van der Waals surface area contributed by atoms with Gasteiger partial charge in [0.05, 0.1) is 4.90 Å². The fraction of sp³-hybridized carbons (Fsp3) is 0.500. The highest BCUT2D eigenvalue weighted by atomic mass is 35.5. The summed E-state index contributed by atoms with van der Waals surface area (Å²) in [5.41, 5.74) is 0. The maximum Gasteiger partial charge on any atom is 0.292 e. The Morgan fingerprint density at radius 1 is 1.15 bits per heavy atom. The Morgan fingerprint density at radius 2 is 1.85 bits per heavy atom. The van der Waals surface area contributed by atoms with Crippen LogP contribution < -0.4 is 0 Å². The normalized spacial score (nSPS) is 24.4. The molecule has 1 amide bonds. The number of amides is 1. The van der Waals surface area contributed by atoms with Gasteiger partial charge in [-0.1, -0.05) is 17.7 Å². The molecule has 1 aromatic carbocycles. The highest BCUT2D eigenvalue weighted by Gasteiger charge is 2.41. The van der Waals surface area contributed by atoms with Gasteiger partial charge < -0.3 is 14.4 Å². The van der Waals surface area contributed by atoms with E-state index in [2.05, 4.69) is 0 Å². The molecule has 7 nitrogen and oxygen atoms in total. The number of allylic oxidation sites excluding steroid dienone is 1. The molecule has 0 N–H and O–H groups in total. The number of hydrogen-bond acceptors (Lipinski definition) is 5. The van der Waals surface area contributed by atoms with Crippen molar-refractivity contribution >= 4 is 27.5 Å². The van der Waals surface area contributed by atoms with Crippen molar-refractivity contribution in [2.45, 2.75) is 37.8 Å². The number of benzene rings is 1. The van der Waals surface area contributed by atoms with Gasteiger partial charge in [0.2, 0.25) is 15.8 Å². The van der Waals surface area contributed by atoms with Gasteiger partial charge in [0.15, 0.2) is 0 Å². The highest BCUT2D eigenvalue weighted by molar-refractivity contribution is 7.89. The number of sulfonamides is 1. The lowest BCUT2D eigenvalue weighted by Crippen LogP contribution is -2.60. The number of carbonyl (C=O) groups is 1. The molecule has 0 aliphatic carbocycles. The first-order valence-corrected chi connectivity index (χ1v) is 10.6. The summed E-state index contributed by atoms with van der Waals surface area (Å²) in [6.07, 6.45) is 0. The van der Waals surface area contributed by atoms with Gasteiger partial charge in [-0.15, -0.1) is 0 Å². The zero-order chi connectivity index (χ0) is 19.8. The first-order chi connectivity index (χ1) is 12.7. The first-order valence-electron chi connectivity index (χ1n) is 8.78. The largest absolute Gasteiger partial charge is 0.491 e. The van der Waals surface area contributed by atoms with Crippen molar-refractivity contribution in [3.8, 4) is 0 Å². The lowest BCUT2D eigenvalue weighted by atomic mass is 10.1. The van der Waals surface area contributed by atoms with E-state index in [9.17, 15) is 13.2 Å². The van der Waals surface area contributed by atoms with Crippen LogP contribution in [0, 0.1) is 0 Å². The van der Waals surface area contributed by atoms with Crippen LogP contribution in [-0.4, -0.2) is 61.9 Å². The maximum atomic E-state index is 13.0. The zero-order valence-corrected chi connectivity index (χ0v) is 17.1. The lowest BCUT2D eigenvalue weighted by molar-refractivity contribution is -0.137. The summed E-state index contributed by atoms with van der Waals surface area (Å²) in [7, 11) is -3.71. The Bertz CT molecular complexity index is 870. The SMILES string of the molecule is CC1=C(C(=O)N2CCN(S(=O)(=O)c3cccc(Cl)c3)[C@H](C)[C@H]2C)OCCO1. The summed E-state index contributed by atoms with van der Waals surface area (Å²) in [6.45, 7) is 6.53. The molecule has 2 aliphatic rings. The van der Waals surface area contributed by atoms with Crippen LogP contribution in [0.25, 0.3) is 0 Å². The number of carbonyl (C=O) groups excluding carboxylic acids is 1. The van der Waals surface area contributed by atoms with E-state index in [4.69, 9.17) is 21.1 Å². The predicted octanol–water partition coefficient (Wildman–Crippen LogP) is 2.23. The van der Waals surface area contributed by atoms with Crippen LogP contribution in [-0.2, 0) is 24.3 Å². The predicted molar refractivity (Wildman–Crippen MR) is 101 cm³/mol. The summed E-state index contributed by atoms with van der Waals surface area (Å²) in [5.74, 6) is 0.387. The lowest BCUT2D eigenvalue weighted by Gasteiger charge is -2.44. The molecule has 0 bridgehead atoms. The molecule has 1 fully saturated rings. The van der Waals surface area contributed by atoms with Crippen LogP contribution in [0.1, 0.15) is 20.8 Å². The molecule has 9 heteroatoms. The molecule has 148 valence electrons. The molecule has 0 spiro atoms. The molecule has 0 aromatic heterocycles. The van der Waals surface area contributed by atoms with E-state index in [1.807, 2.05) is 6.92 Å². The van der Waals surface area contributed by atoms with Crippen LogP contribution >= 0.6 is 11.6 Å². The monoisotopic (exact) mass is 414 g/mol. The van der Waals surface area contributed by atoms with E-state index in [-0.39, 0.29) is 35.7 Å². The second kappa shape index (κ2) is 7.69. The summed E-state index contributed by atoms with van der Waals surface area (Å²) in [6, 6.07) is 5.47. The number of ether oxygens (including phenoxy) is 2. The van der Waals surface area contributed by atoms with Gasteiger partial charge in [-0.2, -0.15) is 4.31 Å². The Morgan fingerprint density at radius 3 is 2.52 bits per heavy atom. The van der Waals surface area contributed by atoms with Gasteiger partial charge in [0, 0.05) is 30.2 Å². The van der Waals surface area contributed by atoms with E-state index in [1.165, 1.54) is 16.4 Å². The minimum atomic E-state index is -3.71. The van der Waals surface area contributed by atoms with Crippen LogP contribution in [0.5, 0.6) is 0 Å². The second-order valence-corrected chi connectivity index (χ2v) is 8.96. The molecule has 2 heterocycles. The Balaban J connectivity index is 1.82. The summed E-state index contributed by atoms with van der Waals surface area (Å²) in [4.78, 5) is 14.7. The number of halogens is 1. The fourth-order valence-corrected chi connectivity index (χ4v) is 5.34. The molecule has 2 atom stereocenters. The first kappa shape index (κ1) is 20.0. The molecule has 0 unspecified atom stereocenters. The molecule has 2 aliphatic heterocycles. The van der Waals surface area contributed by atoms with Crippen LogP contribution in [0.3, 0.4) is 0 Å². The molecular formula is C18H23ClN2O5S. The standard InChI is InChI=1S/C18H23ClN2O5S/c1-12-13(2)21(27(23,24)16-6-4-5-15(19)11-16)8-7-20(12)18(22)17-14(3)25-9-10-26-17/h4-6,11-13H,7-10H2,1-3H3/t12-,13-/m1/s1. The Labute approximate surface area is 164 Å². The molecule has 3 rings (SSSR count). The van der Waals surface area contributed by atoms with E-state index in [0.29, 0.717) is 24.0 Å². The summed E-state index contributed by atoms with van der Waals surface area (Å²) >= 11 is 5.95. The van der Waals surface area contributed by atoms with Crippen LogP contribution in [0.15, 0.2) is 40.7 Å². The van der Waals surface area contributed by atoms with Crippen molar-refractivity contribution in [1.29, 1.82) is 0 Å². The van der Waals surface area contributed by atoms with Gasteiger partial charge >= 0.3 is 0 Å². The average Bonchev–Trinajstić information content (AvgIpc) is 2.63. The minimum Gasteiger partial charge on any atom is -0.491 e. The van der Waals surface area contributed by atoms with Gasteiger partial charge in [0.25, 0.3) is 5.91 Å². The molecule has 1 aromatic rings.